The van der Waals surface area contributed by atoms with Crippen LogP contribution in [-0.4, -0.2) is 18.2 Å². The van der Waals surface area contributed by atoms with Gasteiger partial charge in [0.25, 0.3) is 0 Å². The van der Waals surface area contributed by atoms with E-state index in [2.05, 4.69) is 0 Å². The van der Waals surface area contributed by atoms with Gasteiger partial charge < -0.3 is 9.84 Å². The Labute approximate surface area is 104 Å². The molecule has 0 radical (unpaired) electrons. The van der Waals surface area contributed by atoms with Gasteiger partial charge in [-0.05, 0) is 35.0 Å². The molecule has 0 fully saturated rings. The lowest BCUT2D eigenvalue weighted by molar-refractivity contribution is -0.136. The van der Waals surface area contributed by atoms with Gasteiger partial charge in [-0.1, -0.05) is 17.7 Å². The van der Waals surface area contributed by atoms with E-state index in [1.54, 1.807) is 12.1 Å². The Kier molecular flexibility index (Phi) is 3.20. The van der Waals surface area contributed by atoms with Crippen LogP contribution in [0.4, 0.5) is 0 Å². The second kappa shape index (κ2) is 4.63. The van der Waals surface area contributed by atoms with Crippen LogP contribution in [0.3, 0.4) is 0 Å². The van der Waals surface area contributed by atoms with E-state index in [0.717, 1.165) is 10.8 Å². The Balaban J connectivity index is 2.60. The van der Waals surface area contributed by atoms with Crippen LogP contribution in [0, 0.1) is 0 Å². The van der Waals surface area contributed by atoms with Gasteiger partial charge in [-0.15, -0.1) is 0 Å². The van der Waals surface area contributed by atoms with E-state index < -0.39 is 5.97 Å². The maximum Gasteiger partial charge on any atom is 0.307 e. The van der Waals surface area contributed by atoms with Crippen LogP contribution in [0.5, 0.6) is 5.75 Å². The van der Waals surface area contributed by atoms with Crippen molar-refractivity contribution < 1.29 is 14.6 Å². The van der Waals surface area contributed by atoms with Crippen LogP contribution in [-0.2, 0) is 11.2 Å². The predicted octanol–water partition coefficient (Wildman–Crippen LogP) is 3.13. The van der Waals surface area contributed by atoms with Gasteiger partial charge in [0.05, 0.1) is 13.5 Å². The number of carbonyl (C=O) groups is 1. The van der Waals surface area contributed by atoms with E-state index in [1.807, 2.05) is 18.2 Å². The second-order valence-corrected chi connectivity index (χ2v) is 4.16. The molecule has 2 aromatic rings. The molecule has 3 nitrogen and oxygen atoms in total. The Morgan fingerprint density at radius 2 is 2.06 bits per heavy atom. The maximum atomic E-state index is 10.8. The number of aliphatic carboxylic acids is 1. The fourth-order valence-corrected chi connectivity index (χ4v) is 1.97. The molecular formula is C13H11ClO3. The molecule has 0 aliphatic heterocycles. The highest BCUT2D eigenvalue weighted by Gasteiger charge is 2.09. The van der Waals surface area contributed by atoms with Gasteiger partial charge in [-0.25, -0.2) is 0 Å². The molecule has 2 rings (SSSR count). The summed E-state index contributed by atoms with van der Waals surface area (Å²) >= 11 is 5.90. The average molecular weight is 251 g/mol. The predicted molar refractivity (Wildman–Crippen MR) is 66.8 cm³/mol. The molecule has 0 unspecified atom stereocenters. The SMILES string of the molecule is COc1cc2ccc(Cl)cc2cc1CC(=O)O. The highest BCUT2D eigenvalue weighted by atomic mass is 35.5. The van der Waals surface area contributed by atoms with Crippen molar-refractivity contribution in [1.29, 1.82) is 0 Å². The standard InChI is InChI=1S/C13H11ClO3/c1-17-12-6-8-2-3-11(14)5-9(8)4-10(12)7-13(15)16/h2-6H,7H2,1H3,(H,15,16). The molecule has 17 heavy (non-hydrogen) atoms. The highest BCUT2D eigenvalue weighted by molar-refractivity contribution is 6.31. The fraction of sp³-hybridized carbons (Fsp3) is 0.154. The van der Waals surface area contributed by atoms with E-state index in [0.29, 0.717) is 16.3 Å². The summed E-state index contributed by atoms with van der Waals surface area (Å²) in [4.78, 5) is 10.8. The quantitative estimate of drug-likeness (QED) is 0.910. The van der Waals surface area contributed by atoms with Crippen molar-refractivity contribution in [2.24, 2.45) is 0 Å². The third-order valence-corrected chi connectivity index (χ3v) is 2.78. The van der Waals surface area contributed by atoms with Gasteiger partial charge in [0.15, 0.2) is 0 Å². The Bertz CT molecular complexity index is 578. The molecule has 88 valence electrons. The summed E-state index contributed by atoms with van der Waals surface area (Å²) in [5.74, 6) is -0.299. The third-order valence-electron chi connectivity index (χ3n) is 2.54. The van der Waals surface area contributed by atoms with Crippen LogP contribution >= 0.6 is 11.6 Å². The number of halogens is 1. The molecule has 0 heterocycles. The van der Waals surface area contributed by atoms with E-state index in [9.17, 15) is 4.79 Å². The third kappa shape index (κ3) is 2.50. The molecule has 0 amide bonds. The summed E-state index contributed by atoms with van der Waals surface area (Å²) in [6, 6.07) is 9.10. The van der Waals surface area contributed by atoms with Crippen molar-refractivity contribution >= 4 is 28.3 Å². The zero-order chi connectivity index (χ0) is 12.4. The number of methoxy groups -OCH3 is 1. The van der Waals surface area contributed by atoms with Gasteiger partial charge >= 0.3 is 5.97 Å². The number of benzene rings is 2. The van der Waals surface area contributed by atoms with Gasteiger partial charge in [0.1, 0.15) is 5.75 Å². The minimum atomic E-state index is -0.885. The first kappa shape index (κ1) is 11.7. The Morgan fingerprint density at radius 3 is 2.71 bits per heavy atom. The van der Waals surface area contributed by atoms with E-state index in [1.165, 1.54) is 7.11 Å². The molecule has 0 saturated carbocycles. The molecular weight excluding hydrogens is 240 g/mol. The van der Waals surface area contributed by atoms with Gasteiger partial charge in [0, 0.05) is 10.6 Å². The first-order chi connectivity index (χ1) is 8.10. The van der Waals surface area contributed by atoms with Crippen molar-refractivity contribution in [3.05, 3.63) is 40.9 Å². The zero-order valence-corrected chi connectivity index (χ0v) is 9.99. The number of fused-ring (bicyclic) bond motifs is 1. The summed E-state index contributed by atoms with van der Waals surface area (Å²) in [6.45, 7) is 0. The molecule has 0 aliphatic rings. The molecule has 0 atom stereocenters. The normalized spacial score (nSPS) is 10.5. The molecule has 0 saturated heterocycles. The molecule has 0 aliphatic carbocycles. The number of carboxylic acid groups (broad SMARTS) is 1. The van der Waals surface area contributed by atoms with E-state index in [4.69, 9.17) is 21.4 Å². The van der Waals surface area contributed by atoms with Crippen LogP contribution in [0.15, 0.2) is 30.3 Å². The van der Waals surface area contributed by atoms with Crippen molar-refractivity contribution in [2.45, 2.75) is 6.42 Å². The van der Waals surface area contributed by atoms with Gasteiger partial charge in [-0.2, -0.15) is 0 Å². The van der Waals surface area contributed by atoms with E-state index >= 15 is 0 Å². The summed E-state index contributed by atoms with van der Waals surface area (Å²) < 4.78 is 5.19. The van der Waals surface area contributed by atoms with E-state index in [-0.39, 0.29) is 6.42 Å². The summed E-state index contributed by atoms with van der Waals surface area (Å²) in [5, 5.41) is 11.3. The smallest absolute Gasteiger partial charge is 0.307 e. The largest absolute Gasteiger partial charge is 0.496 e. The van der Waals surface area contributed by atoms with Gasteiger partial charge in [-0.3, -0.25) is 4.79 Å². The summed E-state index contributed by atoms with van der Waals surface area (Å²) in [6.07, 6.45) is -0.0639. The number of carboxylic acids is 1. The Morgan fingerprint density at radius 1 is 1.29 bits per heavy atom. The van der Waals surface area contributed by atoms with Crippen molar-refractivity contribution in [2.75, 3.05) is 7.11 Å². The highest BCUT2D eigenvalue weighted by Crippen LogP contribution is 2.28. The first-order valence-electron chi connectivity index (χ1n) is 5.08. The molecule has 0 bridgehead atoms. The number of rotatable bonds is 3. The van der Waals surface area contributed by atoms with Gasteiger partial charge in [0.2, 0.25) is 0 Å². The molecule has 2 aromatic carbocycles. The van der Waals surface area contributed by atoms with Crippen LogP contribution in [0.25, 0.3) is 10.8 Å². The number of ether oxygens (including phenoxy) is 1. The summed E-state index contributed by atoms with van der Waals surface area (Å²) in [5.41, 5.74) is 0.648. The van der Waals surface area contributed by atoms with Crippen molar-refractivity contribution in [1.82, 2.24) is 0 Å². The lowest BCUT2D eigenvalue weighted by Gasteiger charge is -2.09. The lowest BCUT2D eigenvalue weighted by Crippen LogP contribution is -2.02. The second-order valence-electron chi connectivity index (χ2n) is 3.73. The minimum Gasteiger partial charge on any atom is -0.496 e. The number of hydrogen-bond donors (Lipinski definition) is 1. The minimum absolute atomic E-state index is 0.0639. The zero-order valence-electron chi connectivity index (χ0n) is 9.24. The lowest BCUT2D eigenvalue weighted by atomic mass is 10.0. The van der Waals surface area contributed by atoms with Crippen LogP contribution < -0.4 is 4.74 Å². The first-order valence-corrected chi connectivity index (χ1v) is 5.46. The monoisotopic (exact) mass is 250 g/mol. The fourth-order valence-electron chi connectivity index (χ4n) is 1.79. The van der Waals surface area contributed by atoms with Crippen LogP contribution in [0.1, 0.15) is 5.56 Å². The van der Waals surface area contributed by atoms with Crippen molar-refractivity contribution in [3.8, 4) is 5.75 Å². The number of hydrogen-bond acceptors (Lipinski definition) is 2. The molecule has 1 N–H and O–H groups in total. The Hall–Kier alpha value is -1.74. The molecule has 0 aromatic heterocycles. The van der Waals surface area contributed by atoms with Crippen LogP contribution in [0.2, 0.25) is 5.02 Å². The van der Waals surface area contributed by atoms with Crippen molar-refractivity contribution in [3.63, 3.8) is 0 Å². The average Bonchev–Trinajstić information content (AvgIpc) is 2.27. The summed E-state index contributed by atoms with van der Waals surface area (Å²) in [7, 11) is 1.53. The molecule has 0 spiro atoms. The molecule has 4 heteroatoms. The topological polar surface area (TPSA) is 46.5 Å². The maximum absolute atomic E-state index is 10.8.